The lowest BCUT2D eigenvalue weighted by molar-refractivity contribution is 0.0234. The van der Waals surface area contributed by atoms with Gasteiger partial charge >= 0.3 is 0 Å². The SMILES string of the molecule is C=CC(C)(O)CC[C@@]1(C)[C@H](C)CC=C2[C@@H]1CCCC2(C)C. The molecule has 0 amide bonds. The first kappa shape index (κ1) is 16.8. The fourth-order valence-electron chi connectivity index (χ4n) is 4.58. The lowest BCUT2D eigenvalue weighted by Gasteiger charge is -2.53. The second-order valence-corrected chi connectivity index (χ2v) is 8.69. The molecular weight excluding hydrogens is 256 g/mol. The van der Waals surface area contributed by atoms with Crippen LogP contribution in [0.2, 0.25) is 0 Å². The summed E-state index contributed by atoms with van der Waals surface area (Å²) in [5.74, 6) is 1.39. The Balaban J connectivity index is 2.25. The van der Waals surface area contributed by atoms with E-state index in [1.165, 1.54) is 25.7 Å². The molecule has 0 heterocycles. The molecule has 21 heavy (non-hydrogen) atoms. The largest absolute Gasteiger partial charge is 0.386 e. The summed E-state index contributed by atoms with van der Waals surface area (Å²) in [5.41, 5.74) is 1.65. The van der Waals surface area contributed by atoms with Gasteiger partial charge in [0.15, 0.2) is 0 Å². The second kappa shape index (κ2) is 5.57. The fourth-order valence-corrected chi connectivity index (χ4v) is 4.58. The summed E-state index contributed by atoms with van der Waals surface area (Å²) in [6.07, 6.45) is 11.3. The normalized spacial score (nSPS) is 38.1. The van der Waals surface area contributed by atoms with Crippen LogP contribution in [0.5, 0.6) is 0 Å². The van der Waals surface area contributed by atoms with E-state index in [1.807, 2.05) is 6.92 Å². The zero-order chi connectivity index (χ0) is 15.9. The summed E-state index contributed by atoms with van der Waals surface area (Å²) in [5, 5.41) is 10.3. The van der Waals surface area contributed by atoms with Crippen LogP contribution in [0.25, 0.3) is 0 Å². The summed E-state index contributed by atoms with van der Waals surface area (Å²) in [7, 11) is 0. The molecule has 120 valence electrons. The molecule has 1 unspecified atom stereocenters. The van der Waals surface area contributed by atoms with Crippen LogP contribution >= 0.6 is 0 Å². The summed E-state index contributed by atoms with van der Waals surface area (Å²) >= 11 is 0. The molecule has 1 nitrogen and oxygen atoms in total. The highest BCUT2D eigenvalue weighted by Gasteiger charge is 2.48. The first-order chi connectivity index (χ1) is 9.62. The van der Waals surface area contributed by atoms with Crippen molar-refractivity contribution in [1.82, 2.24) is 0 Å². The van der Waals surface area contributed by atoms with Gasteiger partial charge in [-0.3, -0.25) is 0 Å². The van der Waals surface area contributed by atoms with E-state index in [4.69, 9.17) is 0 Å². The quantitative estimate of drug-likeness (QED) is 0.678. The first-order valence-corrected chi connectivity index (χ1v) is 8.69. The molecule has 1 saturated carbocycles. The monoisotopic (exact) mass is 290 g/mol. The third-order valence-electron chi connectivity index (χ3n) is 6.67. The molecule has 0 aromatic carbocycles. The molecule has 0 aliphatic heterocycles. The molecule has 2 aliphatic carbocycles. The predicted octanol–water partition coefficient (Wildman–Crippen LogP) is 5.50. The lowest BCUT2D eigenvalue weighted by atomic mass is 9.51. The van der Waals surface area contributed by atoms with Gasteiger partial charge < -0.3 is 5.11 Å². The predicted molar refractivity (Wildman–Crippen MR) is 91.1 cm³/mol. The van der Waals surface area contributed by atoms with Gasteiger partial charge in [0.05, 0.1) is 5.60 Å². The van der Waals surface area contributed by atoms with Crippen LogP contribution < -0.4 is 0 Å². The van der Waals surface area contributed by atoms with Crippen LogP contribution in [0.3, 0.4) is 0 Å². The number of hydrogen-bond acceptors (Lipinski definition) is 1. The van der Waals surface area contributed by atoms with E-state index >= 15 is 0 Å². The van der Waals surface area contributed by atoms with Crippen LogP contribution in [0.1, 0.15) is 73.1 Å². The van der Waals surface area contributed by atoms with Crippen molar-refractivity contribution in [3.8, 4) is 0 Å². The van der Waals surface area contributed by atoms with Gasteiger partial charge in [0.25, 0.3) is 0 Å². The molecule has 4 atom stereocenters. The van der Waals surface area contributed by atoms with Crippen LogP contribution in [-0.4, -0.2) is 10.7 Å². The minimum absolute atomic E-state index is 0.314. The van der Waals surface area contributed by atoms with Crippen molar-refractivity contribution >= 4 is 0 Å². The Hall–Kier alpha value is -0.560. The maximum absolute atomic E-state index is 10.3. The topological polar surface area (TPSA) is 20.2 Å². The van der Waals surface area contributed by atoms with Crippen molar-refractivity contribution in [2.75, 3.05) is 0 Å². The standard InChI is InChI=1S/C20H34O/c1-7-19(5,21)13-14-20(6)15(2)10-11-16-17(20)9-8-12-18(16,3)4/h7,11,15,17,21H,1,8-10,12-14H2,2-6H3/t15-,17+,19?,20+/m1/s1. The third-order valence-corrected chi connectivity index (χ3v) is 6.67. The minimum Gasteiger partial charge on any atom is -0.386 e. The van der Waals surface area contributed by atoms with Gasteiger partial charge in [0.1, 0.15) is 0 Å². The Morgan fingerprint density at radius 2 is 2.10 bits per heavy atom. The van der Waals surface area contributed by atoms with Gasteiger partial charge in [-0.1, -0.05) is 51.8 Å². The van der Waals surface area contributed by atoms with Crippen LogP contribution in [-0.2, 0) is 0 Å². The molecule has 2 aliphatic rings. The van der Waals surface area contributed by atoms with E-state index in [-0.39, 0.29) is 0 Å². The molecule has 0 radical (unpaired) electrons. The number of fused-ring (bicyclic) bond motifs is 1. The van der Waals surface area contributed by atoms with Gasteiger partial charge in [-0.2, -0.15) is 0 Å². The maximum Gasteiger partial charge on any atom is 0.0797 e. The molecular formula is C20H34O. The van der Waals surface area contributed by atoms with Crippen molar-refractivity contribution < 1.29 is 5.11 Å². The summed E-state index contributed by atoms with van der Waals surface area (Å²) in [6, 6.07) is 0. The molecule has 0 bridgehead atoms. The first-order valence-electron chi connectivity index (χ1n) is 8.69. The van der Waals surface area contributed by atoms with Crippen molar-refractivity contribution in [3.05, 3.63) is 24.3 Å². The van der Waals surface area contributed by atoms with Crippen molar-refractivity contribution in [1.29, 1.82) is 0 Å². The molecule has 0 spiro atoms. The van der Waals surface area contributed by atoms with Crippen LogP contribution in [0.15, 0.2) is 24.3 Å². The highest BCUT2D eigenvalue weighted by atomic mass is 16.3. The van der Waals surface area contributed by atoms with Gasteiger partial charge in [0.2, 0.25) is 0 Å². The van der Waals surface area contributed by atoms with Gasteiger partial charge in [-0.25, -0.2) is 0 Å². The second-order valence-electron chi connectivity index (χ2n) is 8.69. The number of hydrogen-bond donors (Lipinski definition) is 1. The van der Waals surface area contributed by atoms with E-state index in [0.29, 0.717) is 22.7 Å². The molecule has 1 N–H and O–H groups in total. The van der Waals surface area contributed by atoms with E-state index in [2.05, 4.69) is 40.3 Å². The van der Waals surface area contributed by atoms with Crippen molar-refractivity contribution in [2.45, 2.75) is 78.7 Å². The van der Waals surface area contributed by atoms with Gasteiger partial charge in [-0.05, 0) is 61.7 Å². The molecule has 2 rings (SSSR count). The lowest BCUT2D eigenvalue weighted by Crippen LogP contribution is -2.44. The smallest absolute Gasteiger partial charge is 0.0797 e. The van der Waals surface area contributed by atoms with E-state index in [0.717, 1.165) is 12.8 Å². The maximum atomic E-state index is 10.3. The zero-order valence-corrected chi connectivity index (χ0v) is 14.7. The van der Waals surface area contributed by atoms with E-state index < -0.39 is 5.60 Å². The van der Waals surface area contributed by atoms with Crippen molar-refractivity contribution in [2.24, 2.45) is 22.7 Å². The Morgan fingerprint density at radius 3 is 2.71 bits per heavy atom. The third kappa shape index (κ3) is 3.13. The molecule has 0 aromatic heterocycles. The Labute approximate surface area is 131 Å². The fraction of sp³-hybridized carbons (Fsp3) is 0.800. The average molecular weight is 290 g/mol. The van der Waals surface area contributed by atoms with Crippen molar-refractivity contribution in [3.63, 3.8) is 0 Å². The van der Waals surface area contributed by atoms with Crippen LogP contribution in [0, 0.1) is 22.7 Å². The Morgan fingerprint density at radius 1 is 1.43 bits per heavy atom. The molecule has 0 aromatic rings. The zero-order valence-electron chi connectivity index (χ0n) is 14.7. The van der Waals surface area contributed by atoms with E-state index in [1.54, 1.807) is 11.6 Å². The highest BCUT2D eigenvalue weighted by molar-refractivity contribution is 5.25. The number of allylic oxidation sites excluding steroid dienone is 2. The summed E-state index contributed by atoms with van der Waals surface area (Å²) in [6.45, 7) is 15.4. The highest BCUT2D eigenvalue weighted by Crippen LogP contribution is 2.58. The number of rotatable bonds is 4. The van der Waals surface area contributed by atoms with Crippen LogP contribution in [0.4, 0.5) is 0 Å². The Bertz CT molecular complexity index is 429. The van der Waals surface area contributed by atoms with Gasteiger partial charge in [-0.15, -0.1) is 6.58 Å². The summed E-state index contributed by atoms with van der Waals surface area (Å²) < 4.78 is 0. The molecule has 1 fully saturated rings. The molecule has 1 heteroatoms. The average Bonchev–Trinajstić information content (AvgIpc) is 2.41. The van der Waals surface area contributed by atoms with Gasteiger partial charge in [0, 0.05) is 0 Å². The Kier molecular flexibility index (Phi) is 4.46. The number of aliphatic hydroxyl groups is 1. The molecule has 0 saturated heterocycles. The minimum atomic E-state index is -0.728. The summed E-state index contributed by atoms with van der Waals surface area (Å²) in [4.78, 5) is 0. The van der Waals surface area contributed by atoms with E-state index in [9.17, 15) is 5.11 Å².